The topological polar surface area (TPSA) is 73.1 Å². The van der Waals surface area contributed by atoms with E-state index in [0.717, 1.165) is 5.56 Å². The van der Waals surface area contributed by atoms with E-state index in [1.54, 1.807) is 18.2 Å². The maximum Gasteiger partial charge on any atom is 0.266 e. The van der Waals surface area contributed by atoms with Gasteiger partial charge in [-0.05, 0) is 48.4 Å². The summed E-state index contributed by atoms with van der Waals surface area (Å²) < 4.78 is 0. The van der Waals surface area contributed by atoms with Gasteiger partial charge in [0.15, 0.2) is 0 Å². The van der Waals surface area contributed by atoms with Crippen molar-refractivity contribution < 1.29 is 9.90 Å². The number of nitrogens with zero attached hydrogens (tertiary/aromatic N) is 1. The van der Waals surface area contributed by atoms with Crippen molar-refractivity contribution in [3.05, 3.63) is 65.2 Å². The molecule has 2 rings (SSSR count). The number of hydrogen-bond acceptors (Lipinski definition) is 3. The van der Waals surface area contributed by atoms with Crippen molar-refractivity contribution in [3.8, 4) is 11.8 Å². The molecular formula is C17H14N2O2. The summed E-state index contributed by atoms with van der Waals surface area (Å²) in [5.74, 6) is -0.328. The molecule has 4 heteroatoms. The minimum absolute atomic E-state index is 0.00203. The van der Waals surface area contributed by atoms with E-state index < -0.39 is 5.91 Å². The van der Waals surface area contributed by atoms with Crippen molar-refractivity contribution >= 4 is 17.7 Å². The number of carbonyl (C=O) groups excluding carboxylic acids is 1. The zero-order valence-corrected chi connectivity index (χ0v) is 11.5. The number of nitriles is 1. The Bertz CT molecular complexity index is 725. The molecule has 2 N–H and O–H groups in total. The minimum Gasteiger partial charge on any atom is -0.508 e. The van der Waals surface area contributed by atoms with Gasteiger partial charge in [0.2, 0.25) is 0 Å². The first-order valence-corrected chi connectivity index (χ1v) is 6.37. The molecule has 0 saturated heterocycles. The average Bonchev–Trinajstić information content (AvgIpc) is 2.46. The molecule has 0 saturated carbocycles. The van der Waals surface area contributed by atoms with Gasteiger partial charge in [-0.25, -0.2) is 0 Å². The molecule has 0 radical (unpaired) electrons. The van der Waals surface area contributed by atoms with Crippen LogP contribution in [0.2, 0.25) is 0 Å². The lowest BCUT2D eigenvalue weighted by molar-refractivity contribution is -0.112. The van der Waals surface area contributed by atoms with Crippen LogP contribution in [0.25, 0.3) is 6.08 Å². The van der Waals surface area contributed by atoms with E-state index in [1.807, 2.05) is 31.2 Å². The van der Waals surface area contributed by atoms with Crippen LogP contribution in [-0.4, -0.2) is 11.0 Å². The van der Waals surface area contributed by atoms with E-state index in [0.29, 0.717) is 11.3 Å². The minimum atomic E-state index is -0.462. The van der Waals surface area contributed by atoms with Gasteiger partial charge in [0.25, 0.3) is 5.91 Å². The third-order valence-electron chi connectivity index (χ3n) is 2.85. The lowest BCUT2D eigenvalue weighted by Gasteiger charge is -2.05. The van der Waals surface area contributed by atoms with Crippen molar-refractivity contribution in [2.75, 3.05) is 5.32 Å². The summed E-state index contributed by atoms with van der Waals surface area (Å²) in [6.07, 6.45) is 1.48. The fraction of sp³-hybridized carbons (Fsp3) is 0.0588. The Balaban J connectivity index is 2.19. The van der Waals surface area contributed by atoms with Crippen LogP contribution in [0.1, 0.15) is 11.1 Å². The van der Waals surface area contributed by atoms with Crippen LogP contribution in [0.3, 0.4) is 0 Å². The largest absolute Gasteiger partial charge is 0.508 e. The zero-order valence-electron chi connectivity index (χ0n) is 11.5. The van der Waals surface area contributed by atoms with Crippen LogP contribution in [-0.2, 0) is 4.79 Å². The number of phenolic OH excluding ortho intramolecular Hbond substituents is 1. The Hall–Kier alpha value is -3.06. The van der Waals surface area contributed by atoms with Gasteiger partial charge in [0.1, 0.15) is 17.4 Å². The summed E-state index contributed by atoms with van der Waals surface area (Å²) in [7, 11) is 0. The van der Waals surface area contributed by atoms with E-state index in [-0.39, 0.29) is 11.3 Å². The third-order valence-corrected chi connectivity index (χ3v) is 2.85. The van der Waals surface area contributed by atoms with E-state index in [2.05, 4.69) is 5.32 Å². The number of carbonyl (C=O) groups is 1. The smallest absolute Gasteiger partial charge is 0.266 e. The highest BCUT2D eigenvalue weighted by atomic mass is 16.3. The molecule has 0 aliphatic heterocycles. The van der Waals surface area contributed by atoms with Gasteiger partial charge in [-0.1, -0.05) is 24.3 Å². The summed E-state index contributed by atoms with van der Waals surface area (Å²) in [4.78, 5) is 12.1. The molecule has 2 aromatic rings. The molecule has 0 aromatic heterocycles. The SMILES string of the molecule is Cc1cccc(NC(=O)C(C#N)=Cc2ccc(O)cc2)c1. The van der Waals surface area contributed by atoms with Gasteiger partial charge in [0, 0.05) is 5.69 Å². The molecular weight excluding hydrogens is 264 g/mol. The Labute approximate surface area is 123 Å². The van der Waals surface area contributed by atoms with Crippen LogP contribution in [0.15, 0.2) is 54.1 Å². The number of hydrogen-bond donors (Lipinski definition) is 2. The second-order valence-electron chi connectivity index (χ2n) is 4.58. The van der Waals surface area contributed by atoms with Gasteiger partial charge in [-0.2, -0.15) is 5.26 Å². The fourth-order valence-corrected chi connectivity index (χ4v) is 1.81. The summed E-state index contributed by atoms with van der Waals surface area (Å²) in [5.41, 5.74) is 2.34. The van der Waals surface area contributed by atoms with Crippen molar-refractivity contribution in [1.29, 1.82) is 5.26 Å². The molecule has 4 nitrogen and oxygen atoms in total. The Morgan fingerprint density at radius 2 is 1.95 bits per heavy atom. The molecule has 0 unspecified atom stereocenters. The number of rotatable bonds is 3. The molecule has 104 valence electrons. The highest BCUT2D eigenvalue weighted by Gasteiger charge is 2.09. The first-order chi connectivity index (χ1) is 10.1. The molecule has 0 spiro atoms. The van der Waals surface area contributed by atoms with Gasteiger partial charge < -0.3 is 10.4 Å². The van der Waals surface area contributed by atoms with E-state index >= 15 is 0 Å². The van der Waals surface area contributed by atoms with Gasteiger partial charge in [-0.3, -0.25) is 4.79 Å². The highest BCUT2D eigenvalue weighted by Crippen LogP contribution is 2.15. The number of aryl methyl sites for hydroxylation is 1. The summed E-state index contributed by atoms with van der Waals surface area (Å²) in [5, 5.41) is 21.0. The Morgan fingerprint density at radius 1 is 1.24 bits per heavy atom. The van der Waals surface area contributed by atoms with Gasteiger partial charge in [0.05, 0.1) is 0 Å². The predicted molar refractivity (Wildman–Crippen MR) is 81.5 cm³/mol. The second kappa shape index (κ2) is 6.40. The Morgan fingerprint density at radius 3 is 2.57 bits per heavy atom. The van der Waals surface area contributed by atoms with Crippen molar-refractivity contribution in [3.63, 3.8) is 0 Å². The lowest BCUT2D eigenvalue weighted by Crippen LogP contribution is -2.13. The predicted octanol–water partition coefficient (Wildman–Crippen LogP) is 3.25. The number of amides is 1. The molecule has 0 bridgehead atoms. The molecule has 0 fully saturated rings. The number of nitrogens with one attached hydrogen (secondary N) is 1. The van der Waals surface area contributed by atoms with Crippen molar-refractivity contribution in [1.82, 2.24) is 0 Å². The highest BCUT2D eigenvalue weighted by molar-refractivity contribution is 6.09. The van der Waals surface area contributed by atoms with Crippen LogP contribution < -0.4 is 5.32 Å². The van der Waals surface area contributed by atoms with E-state index in [9.17, 15) is 9.90 Å². The molecule has 2 aromatic carbocycles. The normalized spacial score (nSPS) is 10.8. The van der Waals surface area contributed by atoms with E-state index in [4.69, 9.17) is 5.26 Å². The second-order valence-corrected chi connectivity index (χ2v) is 4.58. The van der Waals surface area contributed by atoms with Crippen LogP contribution in [0, 0.1) is 18.3 Å². The van der Waals surface area contributed by atoms with Gasteiger partial charge in [-0.15, -0.1) is 0 Å². The molecule has 0 heterocycles. The molecule has 21 heavy (non-hydrogen) atoms. The average molecular weight is 278 g/mol. The lowest BCUT2D eigenvalue weighted by atomic mass is 10.1. The number of phenols is 1. The summed E-state index contributed by atoms with van der Waals surface area (Å²) >= 11 is 0. The standard InChI is InChI=1S/C17H14N2O2/c1-12-3-2-4-15(9-12)19-17(21)14(11-18)10-13-5-7-16(20)8-6-13/h2-10,20H,1H3,(H,19,21). The van der Waals surface area contributed by atoms with E-state index in [1.165, 1.54) is 18.2 Å². The molecule has 1 amide bonds. The first-order valence-electron chi connectivity index (χ1n) is 6.37. The third kappa shape index (κ3) is 3.95. The van der Waals surface area contributed by atoms with Crippen LogP contribution in [0.5, 0.6) is 5.75 Å². The molecule has 0 atom stereocenters. The number of anilines is 1. The van der Waals surface area contributed by atoms with Crippen LogP contribution in [0.4, 0.5) is 5.69 Å². The number of benzene rings is 2. The summed E-state index contributed by atoms with van der Waals surface area (Å²) in [6, 6.07) is 15.5. The number of aromatic hydroxyl groups is 1. The molecule has 0 aliphatic rings. The maximum absolute atomic E-state index is 12.1. The molecule has 0 aliphatic carbocycles. The fourth-order valence-electron chi connectivity index (χ4n) is 1.81. The quantitative estimate of drug-likeness (QED) is 0.668. The van der Waals surface area contributed by atoms with Crippen LogP contribution >= 0.6 is 0 Å². The van der Waals surface area contributed by atoms with Gasteiger partial charge >= 0.3 is 0 Å². The van der Waals surface area contributed by atoms with Crippen molar-refractivity contribution in [2.24, 2.45) is 0 Å². The summed E-state index contributed by atoms with van der Waals surface area (Å²) in [6.45, 7) is 1.92. The van der Waals surface area contributed by atoms with Crippen molar-refractivity contribution in [2.45, 2.75) is 6.92 Å². The monoisotopic (exact) mass is 278 g/mol. The zero-order chi connectivity index (χ0) is 15.2. The Kier molecular flexibility index (Phi) is 4.37. The first kappa shape index (κ1) is 14.4. The maximum atomic E-state index is 12.1.